The normalized spacial score (nSPS) is 23.8. The average Bonchev–Trinajstić information content (AvgIpc) is 3.11. The van der Waals surface area contributed by atoms with Gasteiger partial charge in [0.1, 0.15) is 5.84 Å². The predicted molar refractivity (Wildman–Crippen MR) is 86.7 cm³/mol. The van der Waals surface area contributed by atoms with E-state index in [4.69, 9.17) is 11.1 Å². The molecule has 0 radical (unpaired) electrons. The zero-order valence-corrected chi connectivity index (χ0v) is 12.9. The second-order valence-electron chi connectivity index (χ2n) is 6.48. The first-order valence-electron chi connectivity index (χ1n) is 8.04. The number of likely N-dealkylation sites (tertiary alicyclic amines) is 2. The standard InChI is InChI=1S/C17H26N4/c1-13-10-14(17(18)19)4-5-15(13)11-20-9-6-16(12-20)21-7-2-3-8-21/h4-5,10,16H,2-3,6-9,11-12H2,1H3,(H3,18,19). The van der Waals surface area contributed by atoms with E-state index in [2.05, 4.69) is 22.8 Å². The molecule has 2 heterocycles. The molecule has 0 aliphatic carbocycles. The lowest BCUT2D eigenvalue weighted by molar-refractivity contribution is 0.230. The first-order chi connectivity index (χ1) is 10.1. The Balaban J connectivity index is 1.61. The van der Waals surface area contributed by atoms with Crippen LogP contribution in [0.25, 0.3) is 0 Å². The van der Waals surface area contributed by atoms with E-state index >= 15 is 0 Å². The SMILES string of the molecule is Cc1cc(C(=N)N)ccc1CN1CCC(N2CCCC2)C1. The van der Waals surface area contributed by atoms with E-state index < -0.39 is 0 Å². The van der Waals surface area contributed by atoms with Crippen LogP contribution in [-0.2, 0) is 6.54 Å². The van der Waals surface area contributed by atoms with E-state index in [1.165, 1.54) is 56.6 Å². The Hall–Kier alpha value is -1.39. The monoisotopic (exact) mass is 286 g/mol. The van der Waals surface area contributed by atoms with Crippen molar-refractivity contribution in [2.24, 2.45) is 5.73 Å². The molecule has 0 saturated carbocycles. The Morgan fingerprint density at radius 2 is 2.05 bits per heavy atom. The van der Waals surface area contributed by atoms with Gasteiger partial charge in [0.05, 0.1) is 0 Å². The van der Waals surface area contributed by atoms with Crippen molar-refractivity contribution in [3.05, 3.63) is 34.9 Å². The molecule has 0 bridgehead atoms. The third-order valence-electron chi connectivity index (χ3n) is 4.95. The first kappa shape index (κ1) is 14.5. The predicted octanol–water partition coefficient (Wildman–Crippen LogP) is 1.95. The molecule has 0 spiro atoms. The van der Waals surface area contributed by atoms with Gasteiger partial charge in [0.25, 0.3) is 0 Å². The van der Waals surface area contributed by atoms with Gasteiger partial charge < -0.3 is 5.73 Å². The fraction of sp³-hybridized carbons (Fsp3) is 0.588. The maximum absolute atomic E-state index is 7.51. The number of rotatable bonds is 4. The highest BCUT2D eigenvalue weighted by atomic mass is 15.3. The van der Waals surface area contributed by atoms with E-state index in [1.807, 2.05) is 12.1 Å². The second kappa shape index (κ2) is 6.16. The van der Waals surface area contributed by atoms with Gasteiger partial charge in [-0.15, -0.1) is 0 Å². The highest BCUT2D eigenvalue weighted by Crippen LogP contribution is 2.22. The molecule has 1 aromatic rings. The van der Waals surface area contributed by atoms with Gasteiger partial charge >= 0.3 is 0 Å². The van der Waals surface area contributed by atoms with Crippen molar-refractivity contribution in [1.29, 1.82) is 5.41 Å². The summed E-state index contributed by atoms with van der Waals surface area (Å²) in [6, 6.07) is 6.91. The van der Waals surface area contributed by atoms with Crippen LogP contribution < -0.4 is 5.73 Å². The van der Waals surface area contributed by atoms with Crippen LogP contribution in [0.3, 0.4) is 0 Å². The smallest absolute Gasteiger partial charge is 0.122 e. The summed E-state index contributed by atoms with van der Waals surface area (Å²) >= 11 is 0. The maximum Gasteiger partial charge on any atom is 0.122 e. The number of nitrogen functional groups attached to an aromatic ring is 1. The van der Waals surface area contributed by atoms with Crippen LogP contribution in [-0.4, -0.2) is 47.9 Å². The molecular weight excluding hydrogens is 260 g/mol. The third kappa shape index (κ3) is 3.27. The van der Waals surface area contributed by atoms with Gasteiger partial charge in [-0.25, -0.2) is 0 Å². The molecule has 2 fully saturated rings. The number of amidine groups is 1. The van der Waals surface area contributed by atoms with Crippen LogP contribution in [0, 0.1) is 12.3 Å². The minimum atomic E-state index is 0.153. The van der Waals surface area contributed by atoms with E-state index in [-0.39, 0.29) is 5.84 Å². The molecule has 4 nitrogen and oxygen atoms in total. The number of nitrogens with one attached hydrogen (secondary N) is 1. The van der Waals surface area contributed by atoms with E-state index in [0.29, 0.717) is 0 Å². The molecule has 0 aromatic heterocycles. The van der Waals surface area contributed by atoms with Gasteiger partial charge in [0.15, 0.2) is 0 Å². The number of nitrogens with two attached hydrogens (primary N) is 1. The van der Waals surface area contributed by atoms with Crippen LogP contribution in [0.2, 0.25) is 0 Å². The van der Waals surface area contributed by atoms with Crippen molar-refractivity contribution in [2.45, 2.75) is 38.8 Å². The van der Waals surface area contributed by atoms with Crippen LogP contribution in [0.1, 0.15) is 36.0 Å². The molecule has 2 aliphatic rings. The fourth-order valence-electron chi connectivity index (χ4n) is 3.64. The first-order valence-corrected chi connectivity index (χ1v) is 8.04. The lowest BCUT2D eigenvalue weighted by Gasteiger charge is -2.24. The van der Waals surface area contributed by atoms with Crippen molar-refractivity contribution < 1.29 is 0 Å². The number of hydrogen-bond donors (Lipinski definition) is 2. The molecule has 2 saturated heterocycles. The summed E-state index contributed by atoms with van der Waals surface area (Å²) in [6.07, 6.45) is 4.06. The molecular formula is C17H26N4. The minimum absolute atomic E-state index is 0.153. The molecule has 3 N–H and O–H groups in total. The van der Waals surface area contributed by atoms with Crippen molar-refractivity contribution in [1.82, 2.24) is 9.80 Å². The molecule has 21 heavy (non-hydrogen) atoms. The van der Waals surface area contributed by atoms with Crippen molar-refractivity contribution in [2.75, 3.05) is 26.2 Å². The summed E-state index contributed by atoms with van der Waals surface area (Å²) < 4.78 is 0. The summed E-state index contributed by atoms with van der Waals surface area (Å²) in [7, 11) is 0. The van der Waals surface area contributed by atoms with Crippen LogP contribution in [0.5, 0.6) is 0 Å². The summed E-state index contributed by atoms with van der Waals surface area (Å²) in [5.41, 5.74) is 8.98. The molecule has 1 aromatic carbocycles. The Kier molecular flexibility index (Phi) is 4.27. The van der Waals surface area contributed by atoms with Crippen molar-refractivity contribution in [3.63, 3.8) is 0 Å². The van der Waals surface area contributed by atoms with Crippen molar-refractivity contribution in [3.8, 4) is 0 Å². The maximum atomic E-state index is 7.51. The molecule has 4 heteroatoms. The quantitative estimate of drug-likeness (QED) is 0.657. The molecule has 3 rings (SSSR count). The lowest BCUT2D eigenvalue weighted by Crippen LogP contribution is -2.35. The van der Waals surface area contributed by atoms with E-state index in [0.717, 1.165) is 18.2 Å². The van der Waals surface area contributed by atoms with Gasteiger partial charge in [0.2, 0.25) is 0 Å². The van der Waals surface area contributed by atoms with Crippen LogP contribution in [0.15, 0.2) is 18.2 Å². The van der Waals surface area contributed by atoms with Crippen molar-refractivity contribution >= 4 is 5.84 Å². The highest BCUT2D eigenvalue weighted by molar-refractivity contribution is 5.95. The van der Waals surface area contributed by atoms with E-state index in [1.54, 1.807) is 0 Å². The summed E-state index contributed by atoms with van der Waals surface area (Å²) in [6.45, 7) is 8.14. The zero-order valence-electron chi connectivity index (χ0n) is 12.9. The summed E-state index contributed by atoms with van der Waals surface area (Å²) in [5, 5.41) is 7.51. The Morgan fingerprint density at radius 3 is 2.71 bits per heavy atom. The number of benzene rings is 1. The minimum Gasteiger partial charge on any atom is -0.384 e. The zero-order chi connectivity index (χ0) is 14.8. The Morgan fingerprint density at radius 1 is 1.29 bits per heavy atom. The van der Waals surface area contributed by atoms with Gasteiger partial charge in [-0.1, -0.05) is 12.1 Å². The van der Waals surface area contributed by atoms with Crippen LogP contribution >= 0.6 is 0 Å². The third-order valence-corrected chi connectivity index (χ3v) is 4.95. The topological polar surface area (TPSA) is 56.4 Å². The molecule has 1 atom stereocenters. The largest absolute Gasteiger partial charge is 0.384 e. The number of hydrogen-bond acceptors (Lipinski definition) is 3. The van der Waals surface area contributed by atoms with Crippen LogP contribution in [0.4, 0.5) is 0 Å². The fourth-order valence-corrected chi connectivity index (χ4v) is 3.64. The van der Waals surface area contributed by atoms with Gasteiger partial charge in [-0.2, -0.15) is 0 Å². The molecule has 0 amide bonds. The second-order valence-corrected chi connectivity index (χ2v) is 6.48. The number of nitrogens with zero attached hydrogens (tertiary/aromatic N) is 2. The molecule has 1 unspecified atom stereocenters. The van der Waals surface area contributed by atoms with Gasteiger partial charge in [-0.05, 0) is 56.5 Å². The summed E-state index contributed by atoms with van der Waals surface area (Å²) in [4.78, 5) is 5.24. The molecule has 2 aliphatic heterocycles. The molecule has 114 valence electrons. The average molecular weight is 286 g/mol. The number of aryl methyl sites for hydroxylation is 1. The van der Waals surface area contributed by atoms with E-state index in [9.17, 15) is 0 Å². The van der Waals surface area contributed by atoms with Gasteiger partial charge in [-0.3, -0.25) is 15.2 Å². The Bertz CT molecular complexity index is 520. The lowest BCUT2D eigenvalue weighted by atomic mass is 10.0. The van der Waals surface area contributed by atoms with Gasteiger partial charge in [0, 0.05) is 31.2 Å². The summed E-state index contributed by atoms with van der Waals surface area (Å²) in [5.74, 6) is 0.153. The highest BCUT2D eigenvalue weighted by Gasteiger charge is 2.29. The Labute approximate surface area is 127 Å².